The van der Waals surface area contributed by atoms with Gasteiger partial charge in [-0.15, -0.1) is 0 Å². The first kappa shape index (κ1) is 28.2. The van der Waals surface area contributed by atoms with Crippen molar-refractivity contribution >= 4 is 52.7 Å². The molecule has 41 heavy (non-hydrogen) atoms. The van der Waals surface area contributed by atoms with Crippen LogP contribution in [0.15, 0.2) is 42.5 Å². The molecule has 0 amide bonds. The average Bonchev–Trinajstić information content (AvgIpc) is 3.64. The lowest BCUT2D eigenvalue weighted by Gasteiger charge is -2.24. The number of phosphoric ester groups is 1. The Morgan fingerprint density at radius 2 is 1.54 bits per heavy atom. The van der Waals surface area contributed by atoms with Crippen LogP contribution in [-0.4, -0.2) is 62.8 Å². The maximum Gasteiger partial charge on any atom is 0.524 e. The highest BCUT2D eigenvalue weighted by molar-refractivity contribution is 7.46. The second kappa shape index (κ2) is 11.7. The third-order valence-corrected chi connectivity index (χ3v) is 8.33. The Kier molecular flexibility index (Phi) is 8.05. The lowest BCUT2D eigenvalue weighted by Crippen LogP contribution is -2.21. The fourth-order valence-corrected chi connectivity index (χ4v) is 6.46. The summed E-state index contributed by atoms with van der Waals surface area (Å²) in [6, 6.07) is 13.0. The number of rotatable bonds is 9. The van der Waals surface area contributed by atoms with Crippen LogP contribution in [0.2, 0.25) is 5.02 Å². The van der Waals surface area contributed by atoms with Crippen molar-refractivity contribution in [1.82, 2.24) is 19.8 Å². The van der Waals surface area contributed by atoms with E-state index in [9.17, 15) is 14.4 Å². The van der Waals surface area contributed by atoms with Gasteiger partial charge >= 0.3 is 7.82 Å². The van der Waals surface area contributed by atoms with Crippen LogP contribution < -0.4 is 14.6 Å². The number of ether oxygens (including phenoxy) is 1. The molecule has 0 aliphatic carbocycles. The van der Waals surface area contributed by atoms with E-state index in [0.717, 1.165) is 85.3 Å². The van der Waals surface area contributed by atoms with Gasteiger partial charge in [0.05, 0.1) is 23.8 Å². The highest BCUT2D eigenvalue weighted by Gasteiger charge is 2.26. The number of hydrogen-bond acceptors (Lipinski definition) is 8. The predicted octanol–water partition coefficient (Wildman–Crippen LogP) is 5.85. The molecule has 2 aromatic heterocycles. The van der Waals surface area contributed by atoms with Crippen molar-refractivity contribution in [1.29, 1.82) is 0 Å². The van der Waals surface area contributed by atoms with Gasteiger partial charge in [-0.25, -0.2) is 14.5 Å². The smallest absolute Gasteiger partial charge is 0.481 e. The number of phosphoric acid groups is 1. The molecule has 2 saturated heterocycles. The molecule has 216 valence electrons. The monoisotopic (exact) mass is 597 g/mol. The van der Waals surface area contributed by atoms with E-state index in [-0.39, 0.29) is 5.75 Å². The van der Waals surface area contributed by atoms with E-state index in [1.807, 2.05) is 36.4 Å². The Balaban J connectivity index is 1.51. The molecule has 4 aromatic rings. The Morgan fingerprint density at radius 3 is 2.12 bits per heavy atom. The van der Waals surface area contributed by atoms with E-state index in [4.69, 9.17) is 30.8 Å². The number of methoxy groups -OCH3 is 1. The molecule has 12 heteroatoms. The van der Waals surface area contributed by atoms with Gasteiger partial charge < -0.3 is 14.6 Å². The molecule has 0 unspecified atom stereocenters. The molecule has 4 heterocycles. The zero-order chi connectivity index (χ0) is 28.6. The second-order valence-electron chi connectivity index (χ2n) is 10.7. The molecule has 2 aliphatic rings. The van der Waals surface area contributed by atoms with Crippen LogP contribution in [-0.2, 0) is 17.7 Å². The first-order chi connectivity index (χ1) is 19.8. The summed E-state index contributed by atoms with van der Waals surface area (Å²) in [5.74, 6) is 0.726. The summed E-state index contributed by atoms with van der Waals surface area (Å²) in [4.78, 5) is 33.8. The van der Waals surface area contributed by atoms with Crippen molar-refractivity contribution < 1.29 is 23.6 Å². The summed E-state index contributed by atoms with van der Waals surface area (Å²) >= 11 is 6.32. The molecular weight excluding hydrogens is 565 g/mol. The van der Waals surface area contributed by atoms with Crippen LogP contribution in [0.3, 0.4) is 0 Å². The quantitative estimate of drug-likeness (QED) is 0.160. The lowest BCUT2D eigenvalue weighted by molar-refractivity contribution is 0.272. The number of pyridine rings is 2. The van der Waals surface area contributed by atoms with Crippen LogP contribution in [0.1, 0.15) is 36.8 Å². The van der Waals surface area contributed by atoms with Gasteiger partial charge in [0.1, 0.15) is 11.3 Å². The summed E-state index contributed by atoms with van der Waals surface area (Å²) in [6.07, 6.45) is 4.38. The Morgan fingerprint density at radius 1 is 0.902 bits per heavy atom. The van der Waals surface area contributed by atoms with Crippen molar-refractivity contribution in [3.63, 3.8) is 0 Å². The normalized spacial score (nSPS) is 16.6. The van der Waals surface area contributed by atoms with Crippen LogP contribution in [0.5, 0.6) is 11.6 Å². The first-order valence-electron chi connectivity index (χ1n) is 13.8. The third-order valence-electron chi connectivity index (χ3n) is 7.67. The van der Waals surface area contributed by atoms with Crippen molar-refractivity contribution in [2.24, 2.45) is 0 Å². The molecule has 0 bridgehead atoms. The second-order valence-corrected chi connectivity index (χ2v) is 12.3. The van der Waals surface area contributed by atoms with Gasteiger partial charge in [-0.05, 0) is 88.3 Å². The molecule has 3 N–H and O–H groups in total. The number of aromatic nitrogens is 2. The number of fused-ring (bicyclic) bond motifs is 2. The third kappa shape index (κ3) is 6.43. The minimum absolute atomic E-state index is 0.263. The molecule has 0 spiro atoms. The molecule has 2 fully saturated rings. The minimum atomic E-state index is -4.79. The highest BCUT2D eigenvalue weighted by atomic mass is 35.5. The Hall–Kier alpha value is -2.98. The lowest BCUT2D eigenvalue weighted by atomic mass is 10.0. The van der Waals surface area contributed by atoms with E-state index < -0.39 is 7.82 Å². The summed E-state index contributed by atoms with van der Waals surface area (Å²) in [5, 5.41) is 5.01. The summed E-state index contributed by atoms with van der Waals surface area (Å²) in [5.41, 5.74) is 4.99. The molecule has 6 rings (SSSR count). The standard InChI is InChI=1S/C29H33ClN5O5P/c1-39-26-9-8-24-28(33-26)27(23-7-6-21(30)16-25(23)32-24)31-22-14-19(17-34-10-2-3-11-34)29(40-41(36,37)38)20(15-22)18-35-12-4-5-13-35/h6-9,14-16H,2-5,10-13,17-18H2,1H3,(H,31,32)(H2,36,37,38). The zero-order valence-corrected chi connectivity index (χ0v) is 24.5. The molecule has 0 saturated carbocycles. The topological polar surface area (TPSA) is 120 Å². The summed E-state index contributed by atoms with van der Waals surface area (Å²) in [7, 11) is -3.22. The fourth-order valence-electron chi connectivity index (χ4n) is 5.82. The van der Waals surface area contributed by atoms with Gasteiger partial charge in [-0.1, -0.05) is 11.6 Å². The van der Waals surface area contributed by atoms with Crippen LogP contribution >= 0.6 is 19.4 Å². The fraction of sp³-hybridized carbons (Fsp3) is 0.379. The number of anilines is 2. The van der Waals surface area contributed by atoms with Gasteiger partial charge in [0, 0.05) is 46.4 Å². The molecule has 0 atom stereocenters. The number of benzene rings is 2. The molecule has 0 radical (unpaired) electrons. The van der Waals surface area contributed by atoms with Crippen LogP contribution in [0.4, 0.5) is 11.4 Å². The predicted molar refractivity (Wildman–Crippen MR) is 160 cm³/mol. The molecule has 2 aliphatic heterocycles. The summed E-state index contributed by atoms with van der Waals surface area (Å²) < 4.78 is 23.0. The van der Waals surface area contributed by atoms with Crippen LogP contribution in [0.25, 0.3) is 21.9 Å². The van der Waals surface area contributed by atoms with E-state index >= 15 is 0 Å². The number of hydrogen-bond donors (Lipinski definition) is 3. The van der Waals surface area contributed by atoms with E-state index in [0.29, 0.717) is 35.0 Å². The van der Waals surface area contributed by atoms with Gasteiger partial charge in [0.15, 0.2) is 0 Å². The van der Waals surface area contributed by atoms with E-state index in [1.54, 1.807) is 13.2 Å². The largest absolute Gasteiger partial charge is 0.524 e. The zero-order valence-electron chi connectivity index (χ0n) is 22.8. The highest BCUT2D eigenvalue weighted by Crippen LogP contribution is 2.44. The summed E-state index contributed by atoms with van der Waals surface area (Å²) in [6.45, 7) is 4.77. The number of nitrogens with zero attached hydrogens (tertiary/aromatic N) is 4. The maximum absolute atomic E-state index is 12.1. The van der Waals surface area contributed by atoms with Crippen molar-refractivity contribution in [3.8, 4) is 11.6 Å². The first-order valence-corrected chi connectivity index (χ1v) is 15.7. The number of likely N-dealkylation sites (tertiary alicyclic amines) is 2. The molecular formula is C29H33ClN5O5P. The van der Waals surface area contributed by atoms with Crippen molar-refractivity contribution in [2.75, 3.05) is 38.6 Å². The van der Waals surface area contributed by atoms with Gasteiger partial charge in [0.2, 0.25) is 5.88 Å². The van der Waals surface area contributed by atoms with E-state index in [1.165, 1.54) is 0 Å². The van der Waals surface area contributed by atoms with Gasteiger partial charge in [-0.3, -0.25) is 19.6 Å². The maximum atomic E-state index is 12.1. The van der Waals surface area contributed by atoms with Crippen LogP contribution in [0, 0.1) is 0 Å². The average molecular weight is 598 g/mol. The number of halogens is 1. The minimum Gasteiger partial charge on any atom is -0.481 e. The molecule has 2 aromatic carbocycles. The van der Waals surface area contributed by atoms with Gasteiger partial charge in [-0.2, -0.15) is 0 Å². The SMILES string of the molecule is COc1ccc2nc3cc(Cl)ccc3c(Nc3cc(CN4CCCC4)c(OP(=O)(O)O)c(CN4CCCC4)c3)c2n1. The van der Waals surface area contributed by atoms with Crippen molar-refractivity contribution in [3.05, 3.63) is 58.6 Å². The number of nitrogens with one attached hydrogen (secondary N) is 1. The van der Waals surface area contributed by atoms with Crippen molar-refractivity contribution in [2.45, 2.75) is 38.8 Å². The van der Waals surface area contributed by atoms with Gasteiger partial charge in [0.25, 0.3) is 0 Å². The Labute approximate surface area is 243 Å². The van der Waals surface area contributed by atoms with E-state index in [2.05, 4.69) is 15.1 Å². The Bertz CT molecular complexity index is 1600. The molecule has 10 nitrogen and oxygen atoms in total.